The molecule has 10 nitrogen and oxygen atoms in total. The Kier molecular flexibility index (Phi) is 9.48. The Morgan fingerprint density at radius 2 is 1.80 bits per heavy atom. The third-order valence-corrected chi connectivity index (χ3v) is 9.67. The van der Waals surface area contributed by atoms with Crippen molar-refractivity contribution in [2.24, 2.45) is 17.8 Å². The Labute approximate surface area is 259 Å². The van der Waals surface area contributed by atoms with Crippen LogP contribution in [0.15, 0.2) is 47.7 Å². The standard InChI is InChI=1S/C34H47N5O5/c1-33(2,3)26-21-35-20-25(26)30(41)37-27(8-5-6-10-29(40)44-4)31(42)38-28-9-7-12-39(32(28)43)13-11-36-34-17-22-14-23(18-34)16-24(15-22)19-34/h6-7,9-10,12,20-24,27,35-36H,5,8,11,13-19H2,1-4H3,(H,37,41)(H,38,42)/b10-6+/t22?,23?,24?,27-,34?/m0/s1. The summed E-state index contributed by atoms with van der Waals surface area (Å²) in [4.78, 5) is 54.7. The third-order valence-electron chi connectivity index (χ3n) is 9.67. The molecule has 2 aromatic rings. The van der Waals surface area contributed by atoms with Gasteiger partial charge in [-0.25, -0.2) is 4.79 Å². The Morgan fingerprint density at radius 1 is 1.11 bits per heavy atom. The van der Waals surface area contributed by atoms with Crippen molar-refractivity contribution in [3.8, 4) is 0 Å². The largest absolute Gasteiger partial charge is 0.466 e. The minimum atomic E-state index is -0.946. The quantitative estimate of drug-likeness (QED) is 0.211. The summed E-state index contributed by atoms with van der Waals surface area (Å²) < 4.78 is 6.27. The van der Waals surface area contributed by atoms with E-state index >= 15 is 0 Å². The summed E-state index contributed by atoms with van der Waals surface area (Å²) in [5, 5.41) is 9.44. The van der Waals surface area contributed by atoms with Gasteiger partial charge in [0.05, 0.1) is 12.7 Å². The first kappa shape index (κ1) is 31.8. The monoisotopic (exact) mass is 605 g/mol. The molecule has 0 unspecified atom stereocenters. The number of ether oxygens (including phenoxy) is 1. The fourth-order valence-corrected chi connectivity index (χ4v) is 7.98. The number of anilines is 1. The van der Waals surface area contributed by atoms with E-state index in [1.165, 1.54) is 51.7 Å². The highest BCUT2D eigenvalue weighted by Crippen LogP contribution is 2.55. The number of esters is 1. The molecule has 10 heteroatoms. The summed E-state index contributed by atoms with van der Waals surface area (Å²) in [5.74, 6) is 1.14. The number of allylic oxidation sites excluding steroid dienone is 1. The first-order valence-electron chi connectivity index (χ1n) is 15.9. The summed E-state index contributed by atoms with van der Waals surface area (Å²) in [6, 6.07) is 2.39. The van der Waals surface area contributed by atoms with E-state index in [1.54, 1.807) is 41.4 Å². The molecule has 0 spiro atoms. The lowest BCUT2D eigenvalue weighted by molar-refractivity contribution is -0.134. The van der Waals surface area contributed by atoms with Crippen molar-refractivity contribution in [3.63, 3.8) is 0 Å². The lowest BCUT2D eigenvalue weighted by Gasteiger charge is -2.57. The SMILES string of the molecule is COC(=O)/C=C/CC[C@H](NC(=O)c1c[nH]cc1C(C)(C)C)C(=O)Nc1cccn(CCNC23CC4CC(CC(C4)C2)C3)c1=O. The van der Waals surface area contributed by atoms with E-state index in [1.807, 2.05) is 20.8 Å². The van der Waals surface area contributed by atoms with Crippen LogP contribution in [0, 0.1) is 17.8 Å². The number of carbonyl (C=O) groups is 3. The minimum absolute atomic E-state index is 0.161. The van der Waals surface area contributed by atoms with Gasteiger partial charge in [-0.2, -0.15) is 0 Å². The second kappa shape index (κ2) is 13.1. The molecule has 0 saturated heterocycles. The van der Waals surface area contributed by atoms with E-state index in [0.717, 1.165) is 23.3 Å². The topological polar surface area (TPSA) is 134 Å². The summed E-state index contributed by atoms with van der Waals surface area (Å²) >= 11 is 0. The van der Waals surface area contributed by atoms with Crippen LogP contribution < -0.4 is 21.5 Å². The van der Waals surface area contributed by atoms with Gasteiger partial charge in [-0.3, -0.25) is 14.4 Å². The molecule has 44 heavy (non-hydrogen) atoms. The number of aromatic amines is 1. The van der Waals surface area contributed by atoms with Gasteiger partial charge in [-0.15, -0.1) is 0 Å². The smallest absolute Gasteiger partial charge is 0.330 e. The van der Waals surface area contributed by atoms with Gasteiger partial charge in [-0.05, 0) is 92.2 Å². The molecule has 2 aromatic heterocycles. The number of hydrogen-bond donors (Lipinski definition) is 4. The average molecular weight is 606 g/mol. The van der Waals surface area contributed by atoms with Gasteiger partial charge in [0, 0.05) is 43.3 Å². The first-order chi connectivity index (χ1) is 21.0. The number of aromatic nitrogens is 2. The number of pyridine rings is 1. The number of methoxy groups -OCH3 is 1. The molecule has 238 valence electrons. The fourth-order valence-electron chi connectivity index (χ4n) is 7.98. The van der Waals surface area contributed by atoms with E-state index in [-0.39, 0.29) is 28.6 Å². The number of nitrogens with zero attached hydrogens (tertiary/aromatic N) is 1. The number of hydrogen-bond acceptors (Lipinski definition) is 6. The van der Waals surface area contributed by atoms with Gasteiger partial charge in [-0.1, -0.05) is 26.8 Å². The lowest BCUT2D eigenvalue weighted by Crippen LogP contribution is -2.58. The van der Waals surface area contributed by atoms with Crippen LogP contribution in [0.3, 0.4) is 0 Å². The van der Waals surface area contributed by atoms with E-state index in [0.29, 0.717) is 25.1 Å². The second-order valence-corrected chi connectivity index (χ2v) is 14.1. The van der Waals surface area contributed by atoms with Crippen LogP contribution in [0.25, 0.3) is 0 Å². The molecule has 6 rings (SSSR count). The molecule has 4 bridgehead atoms. The maximum absolute atomic E-state index is 13.5. The molecule has 2 heterocycles. The van der Waals surface area contributed by atoms with Gasteiger partial charge in [0.1, 0.15) is 11.7 Å². The summed E-state index contributed by atoms with van der Waals surface area (Å²) in [7, 11) is 1.29. The van der Waals surface area contributed by atoms with Gasteiger partial charge in [0.25, 0.3) is 11.5 Å². The molecule has 0 aliphatic heterocycles. The lowest BCUT2D eigenvalue weighted by atomic mass is 9.53. The van der Waals surface area contributed by atoms with Crippen LogP contribution in [-0.2, 0) is 26.3 Å². The maximum atomic E-state index is 13.5. The van der Waals surface area contributed by atoms with Crippen molar-refractivity contribution in [1.82, 2.24) is 20.2 Å². The normalized spacial score (nSPS) is 24.8. The fraction of sp³-hybridized carbons (Fsp3) is 0.588. The van der Waals surface area contributed by atoms with Gasteiger partial charge in [0.2, 0.25) is 5.91 Å². The van der Waals surface area contributed by atoms with Crippen molar-refractivity contribution < 1.29 is 19.1 Å². The minimum Gasteiger partial charge on any atom is -0.466 e. The Morgan fingerprint density at radius 3 is 2.43 bits per heavy atom. The molecular formula is C34H47N5O5. The molecule has 2 amide bonds. The molecule has 4 aliphatic rings. The van der Waals surface area contributed by atoms with E-state index in [9.17, 15) is 19.2 Å². The Hall–Kier alpha value is -3.66. The van der Waals surface area contributed by atoms with Gasteiger partial charge >= 0.3 is 5.97 Å². The van der Waals surface area contributed by atoms with Crippen molar-refractivity contribution in [1.29, 1.82) is 0 Å². The maximum Gasteiger partial charge on any atom is 0.330 e. The molecule has 0 aromatic carbocycles. The van der Waals surface area contributed by atoms with Crippen molar-refractivity contribution in [2.45, 2.75) is 95.7 Å². The zero-order valence-corrected chi connectivity index (χ0v) is 26.4. The molecular weight excluding hydrogens is 558 g/mol. The zero-order chi connectivity index (χ0) is 31.5. The summed E-state index contributed by atoms with van der Waals surface area (Å²) in [5.41, 5.74) is 1.08. The third kappa shape index (κ3) is 7.34. The number of carbonyl (C=O) groups excluding carboxylic acids is 3. The number of amides is 2. The number of H-pyrrole nitrogens is 1. The van der Waals surface area contributed by atoms with Gasteiger partial charge in [0.15, 0.2) is 0 Å². The summed E-state index contributed by atoms with van der Waals surface area (Å²) in [6.45, 7) is 7.23. The Balaban J connectivity index is 1.24. The molecule has 0 radical (unpaired) electrons. The number of nitrogens with one attached hydrogen (secondary N) is 4. The highest BCUT2D eigenvalue weighted by Gasteiger charge is 2.50. The Bertz CT molecular complexity index is 1410. The van der Waals surface area contributed by atoms with Crippen LogP contribution >= 0.6 is 0 Å². The van der Waals surface area contributed by atoms with E-state index in [4.69, 9.17) is 0 Å². The van der Waals surface area contributed by atoms with Crippen molar-refractivity contribution in [3.05, 3.63) is 64.4 Å². The first-order valence-corrected chi connectivity index (χ1v) is 15.9. The van der Waals surface area contributed by atoms with Crippen molar-refractivity contribution >= 4 is 23.5 Å². The molecule has 1 atom stereocenters. The molecule has 4 N–H and O–H groups in total. The van der Waals surface area contributed by atoms with Crippen LogP contribution in [0.5, 0.6) is 0 Å². The van der Waals surface area contributed by atoms with Crippen LogP contribution in [-0.4, -0.2) is 52.6 Å². The zero-order valence-electron chi connectivity index (χ0n) is 26.4. The highest BCUT2D eigenvalue weighted by atomic mass is 16.5. The highest BCUT2D eigenvalue weighted by molar-refractivity contribution is 6.01. The predicted molar refractivity (Wildman–Crippen MR) is 169 cm³/mol. The molecule has 4 aliphatic carbocycles. The molecule has 4 saturated carbocycles. The average Bonchev–Trinajstić information content (AvgIpc) is 3.47. The number of rotatable bonds is 12. The van der Waals surface area contributed by atoms with Crippen molar-refractivity contribution in [2.75, 3.05) is 19.0 Å². The van der Waals surface area contributed by atoms with E-state index in [2.05, 4.69) is 25.7 Å². The van der Waals surface area contributed by atoms with Crippen LogP contribution in [0.4, 0.5) is 5.69 Å². The second-order valence-electron chi connectivity index (χ2n) is 14.1. The van der Waals surface area contributed by atoms with E-state index < -0.39 is 23.8 Å². The van der Waals surface area contributed by atoms with Gasteiger partial charge < -0.3 is 30.2 Å². The van der Waals surface area contributed by atoms with Crippen LogP contribution in [0.1, 0.15) is 88.1 Å². The summed E-state index contributed by atoms with van der Waals surface area (Å²) in [6.07, 6.45) is 16.5. The predicted octanol–water partition coefficient (Wildman–Crippen LogP) is 4.28. The van der Waals surface area contributed by atoms with Crippen LogP contribution in [0.2, 0.25) is 0 Å². The molecule has 4 fully saturated rings.